The highest BCUT2D eigenvalue weighted by Gasteiger charge is 2.35. The summed E-state index contributed by atoms with van der Waals surface area (Å²) in [6, 6.07) is 6.43. The van der Waals surface area contributed by atoms with E-state index in [0.29, 0.717) is 10.6 Å². The summed E-state index contributed by atoms with van der Waals surface area (Å²) in [6.07, 6.45) is 11.9. The van der Waals surface area contributed by atoms with Crippen molar-refractivity contribution in [2.24, 2.45) is 5.92 Å². The maximum atomic E-state index is 15.6. The Hall–Kier alpha value is -2.48. The maximum Gasteiger partial charge on any atom is 0.243 e. The minimum atomic E-state index is -1.33. The minimum absolute atomic E-state index is 0.0374. The number of halogens is 4. The highest BCUT2D eigenvalue weighted by molar-refractivity contribution is 6.42. The molecule has 1 heterocycles. The van der Waals surface area contributed by atoms with Crippen molar-refractivity contribution in [3.63, 3.8) is 0 Å². The molecule has 0 radical (unpaired) electrons. The molecule has 2 fully saturated rings. The third-order valence-corrected chi connectivity index (χ3v) is 8.93. The first-order chi connectivity index (χ1) is 18.8. The van der Waals surface area contributed by atoms with Gasteiger partial charge < -0.3 is 15.0 Å². The van der Waals surface area contributed by atoms with Crippen LogP contribution in [-0.2, 0) is 4.79 Å². The Morgan fingerprint density at radius 1 is 0.974 bits per heavy atom. The number of carbonyl (C=O) groups is 1. The van der Waals surface area contributed by atoms with Gasteiger partial charge in [-0.05, 0) is 60.9 Å². The predicted molar refractivity (Wildman–Crippen MR) is 149 cm³/mol. The van der Waals surface area contributed by atoms with Gasteiger partial charge in [-0.3, -0.25) is 4.79 Å². The molecule has 9 heteroatoms. The average Bonchev–Trinajstić information content (AvgIpc) is 3.41. The summed E-state index contributed by atoms with van der Waals surface area (Å²) in [5.74, 6) is -2.16. The van der Waals surface area contributed by atoms with E-state index in [1.165, 1.54) is 30.8 Å². The van der Waals surface area contributed by atoms with E-state index in [1.807, 2.05) is 0 Å². The quantitative estimate of drug-likeness (QED) is 0.302. The van der Waals surface area contributed by atoms with Gasteiger partial charge in [0.25, 0.3) is 0 Å². The number of hydrogen-bond donors (Lipinski definition) is 2. The first kappa shape index (κ1) is 28.1. The number of aromatic nitrogens is 2. The molecule has 1 amide bonds. The van der Waals surface area contributed by atoms with Crippen LogP contribution in [0.4, 0.5) is 8.78 Å². The lowest BCUT2D eigenvalue weighted by molar-refractivity contribution is -0.127. The Balaban J connectivity index is 1.58. The number of hydrogen-bond acceptors (Lipinski definition) is 3. The molecule has 208 valence electrons. The lowest BCUT2D eigenvalue weighted by Gasteiger charge is -2.33. The molecule has 2 aromatic carbocycles. The highest BCUT2D eigenvalue weighted by atomic mass is 35.5. The second-order valence-electron chi connectivity index (χ2n) is 10.7. The van der Waals surface area contributed by atoms with Crippen molar-refractivity contribution in [3.05, 3.63) is 75.5 Å². The fourth-order valence-electron chi connectivity index (χ4n) is 6.16. The molecule has 2 aliphatic carbocycles. The molecule has 0 spiro atoms. The molecule has 0 saturated heterocycles. The molecular formula is C30H33Cl2F2N3O2. The zero-order valence-electron chi connectivity index (χ0n) is 21.7. The summed E-state index contributed by atoms with van der Waals surface area (Å²) in [5.41, 5.74) is 0.313. The molecule has 39 heavy (non-hydrogen) atoms. The molecule has 0 bridgehead atoms. The maximum absolute atomic E-state index is 15.6. The highest BCUT2D eigenvalue weighted by Crippen LogP contribution is 2.40. The topological polar surface area (TPSA) is 67.2 Å². The van der Waals surface area contributed by atoms with Crippen LogP contribution in [0.1, 0.15) is 87.5 Å². The molecule has 2 atom stereocenters. The number of amides is 1. The lowest BCUT2D eigenvalue weighted by atomic mass is 9.82. The van der Waals surface area contributed by atoms with E-state index in [0.717, 1.165) is 63.9 Å². The molecule has 5 rings (SSSR count). The number of aliphatic hydroxyl groups is 1. The molecule has 2 N–H and O–H groups in total. The molecule has 2 saturated carbocycles. The Morgan fingerprint density at radius 3 is 2.36 bits per heavy atom. The van der Waals surface area contributed by atoms with E-state index in [-0.39, 0.29) is 39.8 Å². The molecule has 5 nitrogen and oxygen atoms in total. The lowest BCUT2D eigenvalue weighted by Crippen LogP contribution is -2.43. The molecule has 1 aromatic heterocycles. The second-order valence-corrected chi connectivity index (χ2v) is 11.6. The summed E-state index contributed by atoms with van der Waals surface area (Å²) in [7, 11) is 0. The van der Waals surface area contributed by atoms with Gasteiger partial charge in [-0.15, -0.1) is 0 Å². The fraction of sp³-hybridized carbons (Fsp3) is 0.467. The third-order valence-electron chi connectivity index (χ3n) is 8.19. The number of nitrogens with zero attached hydrogens (tertiary/aromatic N) is 2. The molecule has 3 aromatic rings. The third kappa shape index (κ3) is 6.01. The van der Waals surface area contributed by atoms with Crippen molar-refractivity contribution in [2.75, 3.05) is 0 Å². The van der Waals surface area contributed by atoms with Gasteiger partial charge >= 0.3 is 0 Å². The summed E-state index contributed by atoms with van der Waals surface area (Å²) in [4.78, 5) is 18.3. The normalized spacial score (nSPS) is 18.6. The Bertz CT molecular complexity index is 1320. The van der Waals surface area contributed by atoms with Crippen molar-refractivity contribution in [1.82, 2.24) is 14.9 Å². The largest absolute Gasteiger partial charge is 0.384 e. The van der Waals surface area contributed by atoms with Gasteiger partial charge in [0.05, 0.1) is 15.6 Å². The van der Waals surface area contributed by atoms with Gasteiger partial charge in [-0.1, -0.05) is 73.9 Å². The van der Waals surface area contributed by atoms with Gasteiger partial charge in [0.2, 0.25) is 5.91 Å². The van der Waals surface area contributed by atoms with Crippen molar-refractivity contribution in [3.8, 4) is 11.4 Å². The van der Waals surface area contributed by atoms with E-state index in [2.05, 4.69) is 10.3 Å². The van der Waals surface area contributed by atoms with Crippen LogP contribution in [-0.4, -0.2) is 26.6 Å². The molecule has 2 aliphatic rings. The van der Waals surface area contributed by atoms with E-state index in [4.69, 9.17) is 23.2 Å². The second kappa shape index (κ2) is 12.4. The summed E-state index contributed by atoms with van der Waals surface area (Å²) in [6.45, 7) is 0. The predicted octanol–water partition coefficient (Wildman–Crippen LogP) is 7.79. The van der Waals surface area contributed by atoms with Crippen LogP contribution in [0.5, 0.6) is 0 Å². The van der Waals surface area contributed by atoms with Gasteiger partial charge in [0.15, 0.2) is 11.6 Å². The Morgan fingerprint density at radius 2 is 1.67 bits per heavy atom. The minimum Gasteiger partial charge on any atom is -0.384 e. The number of carbonyl (C=O) groups excluding carboxylic acids is 1. The van der Waals surface area contributed by atoms with Crippen LogP contribution in [0.2, 0.25) is 10.0 Å². The fourth-order valence-corrected chi connectivity index (χ4v) is 6.47. The SMILES string of the molecule is O=C(NC1CCCCC1)C(C1CCCCC1)n1ccnc1-c1c(C(O)c2ccc(Cl)c(Cl)c2)ccc(F)c1F. The van der Waals surface area contributed by atoms with E-state index >= 15 is 4.39 Å². The van der Waals surface area contributed by atoms with Gasteiger partial charge in [0.1, 0.15) is 18.0 Å². The van der Waals surface area contributed by atoms with Crippen molar-refractivity contribution in [2.45, 2.75) is 82.4 Å². The van der Waals surface area contributed by atoms with E-state index in [1.54, 1.807) is 16.8 Å². The summed E-state index contributed by atoms with van der Waals surface area (Å²) in [5, 5.41) is 15.1. The van der Waals surface area contributed by atoms with Crippen molar-refractivity contribution in [1.29, 1.82) is 0 Å². The van der Waals surface area contributed by atoms with Gasteiger partial charge in [-0.2, -0.15) is 0 Å². The first-order valence-electron chi connectivity index (χ1n) is 13.8. The van der Waals surface area contributed by atoms with Crippen LogP contribution in [0.25, 0.3) is 11.4 Å². The van der Waals surface area contributed by atoms with Crippen LogP contribution in [0, 0.1) is 17.6 Å². The van der Waals surface area contributed by atoms with Crippen molar-refractivity contribution < 1.29 is 18.7 Å². The van der Waals surface area contributed by atoms with Crippen LogP contribution < -0.4 is 5.32 Å². The number of benzene rings is 2. The Kier molecular flexibility index (Phi) is 8.89. The summed E-state index contributed by atoms with van der Waals surface area (Å²) < 4.78 is 32.0. The molecule has 0 aliphatic heterocycles. The van der Waals surface area contributed by atoms with E-state index < -0.39 is 23.8 Å². The monoisotopic (exact) mass is 575 g/mol. The van der Waals surface area contributed by atoms with E-state index in [9.17, 15) is 14.3 Å². The first-order valence-corrected chi connectivity index (χ1v) is 14.5. The van der Waals surface area contributed by atoms with Crippen LogP contribution in [0.3, 0.4) is 0 Å². The number of imidazole rings is 1. The summed E-state index contributed by atoms with van der Waals surface area (Å²) >= 11 is 12.2. The number of nitrogens with one attached hydrogen (secondary N) is 1. The average molecular weight is 577 g/mol. The number of rotatable bonds is 7. The van der Waals surface area contributed by atoms with Crippen molar-refractivity contribution >= 4 is 29.1 Å². The Labute approximate surface area is 237 Å². The standard InChI is InChI=1S/C30H33Cl2F2N3O2/c31-22-13-11-19(17-23(22)32)28(38)21-12-14-24(33)26(34)25(21)29-35-15-16-37(29)27(18-7-3-1-4-8-18)30(39)36-20-9-5-2-6-10-20/h11-18,20,27-28,38H,1-10H2,(H,36,39). The zero-order valence-corrected chi connectivity index (χ0v) is 23.2. The smallest absolute Gasteiger partial charge is 0.243 e. The number of aliphatic hydroxyl groups excluding tert-OH is 1. The van der Waals surface area contributed by atoms with Crippen LogP contribution >= 0.6 is 23.2 Å². The van der Waals surface area contributed by atoms with Gasteiger partial charge in [0, 0.05) is 18.4 Å². The molecule has 2 unspecified atom stereocenters. The van der Waals surface area contributed by atoms with Crippen LogP contribution in [0.15, 0.2) is 42.7 Å². The molecular weight excluding hydrogens is 543 g/mol. The van der Waals surface area contributed by atoms with Gasteiger partial charge in [-0.25, -0.2) is 13.8 Å². The zero-order chi connectivity index (χ0) is 27.5.